The molecule has 22 nitrogen and oxygen atoms in total. The van der Waals surface area contributed by atoms with Crippen molar-refractivity contribution in [3.63, 3.8) is 0 Å². The van der Waals surface area contributed by atoms with Gasteiger partial charge in [0.15, 0.2) is 0 Å². The highest BCUT2D eigenvalue weighted by Gasteiger charge is 2.34. The zero-order chi connectivity index (χ0) is 87.2. The molecule has 7 atom stereocenters. The van der Waals surface area contributed by atoms with Gasteiger partial charge in [-0.15, -0.1) is 0 Å². The van der Waals surface area contributed by atoms with E-state index >= 15 is 0 Å². The average molecular weight is 1740 g/mol. The van der Waals surface area contributed by atoms with Gasteiger partial charge in [0.05, 0.1) is 113 Å². The molecular weight excluding hydrogens is 1610 g/mol. The van der Waals surface area contributed by atoms with Crippen LogP contribution in [0.4, 0.5) is 30.2 Å². The summed E-state index contributed by atoms with van der Waals surface area (Å²) in [5.74, 6) is 7.28. The summed E-state index contributed by atoms with van der Waals surface area (Å²) < 4.78 is 132. The molecule has 8 aromatic carbocycles. The van der Waals surface area contributed by atoms with E-state index in [4.69, 9.17) is 75.8 Å². The molecule has 25 heteroatoms. The lowest BCUT2D eigenvalue weighted by Crippen LogP contribution is -2.41. The fourth-order valence-corrected chi connectivity index (χ4v) is 17.3. The molecule has 1 aliphatic carbocycles. The summed E-state index contributed by atoms with van der Waals surface area (Å²) in [7, 11) is 6.92. The molecule has 0 spiro atoms. The highest BCUT2D eigenvalue weighted by Crippen LogP contribution is 2.40. The highest BCUT2D eigenvalue weighted by molar-refractivity contribution is 5.63. The second-order valence-corrected chi connectivity index (χ2v) is 33.2. The van der Waals surface area contributed by atoms with Crippen LogP contribution in [-0.2, 0) is 63.9 Å². The van der Waals surface area contributed by atoms with Crippen LogP contribution in [0.2, 0.25) is 0 Å². The van der Waals surface area contributed by atoms with E-state index in [9.17, 15) is 13.2 Å². The Labute approximate surface area is 743 Å². The lowest BCUT2D eigenvalue weighted by molar-refractivity contribution is -0.137. The van der Waals surface area contributed by atoms with E-state index < -0.39 is 11.7 Å². The van der Waals surface area contributed by atoms with Crippen LogP contribution in [0, 0.1) is 0 Å². The standard InChI is InChI=1S/C34H41F3N2O5.C34H44N2O6.C33H48N2O5/c1-40-17-3-15-39-16-20-43-32-12-7-25(21-31(32)39)24-44-33-23-38-14-13-30(33)26-8-10-28(11-9-26)41-18-4-19-42-29-6-2-5-27(22-29)34(35,36)37;1-37-19-6-17-36-18-20-39-33-14-9-26(21-32(33)36)23-42-34-22-35-16-15-31(34)27-10-12-29(13-11-27)41-25-30(38-2)24-40-28-7-4-3-5-8-28;1-36-19-5-17-35-18-22-39-32-14-9-26(23-31(32)35)25-40-33-24-34-16-15-30(33)27-10-12-29(13-11-27)38-21-6-20-37-28-7-3-2-4-8-28/h2,5-12,21-22,30,33,38H,3-4,13-20,23-24H2,1H3;3-5,7-14,21,30-31,34-35H,6,15-20,22-25H2,1-2H3;9-14,23,28,30,33-34H,2-8,15-22,24-25H2,1H3/t30-,33+;30-,31-,34+;30-,33+/m111/s1. The van der Waals surface area contributed by atoms with E-state index in [0.717, 1.165) is 237 Å². The first-order valence-corrected chi connectivity index (χ1v) is 45.7. The maximum atomic E-state index is 12.9. The molecule has 1 saturated carbocycles. The number of fused-ring (bicyclic) bond motifs is 3. The van der Waals surface area contributed by atoms with Crippen molar-refractivity contribution < 1.29 is 89.0 Å². The Kier molecular flexibility index (Phi) is 38.4. The topological polar surface area (TPSA) is 193 Å². The first kappa shape index (κ1) is 94.5. The molecule has 3 N–H and O–H groups in total. The minimum absolute atomic E-state index is 0.0357. The van der Waals surface area contributed by atoms with Crippen LogP contribution < -0.4 is 68.5 Å². The predicted molar refractivity (Wildman–Crippen MR) is 486 cm³/mol. The van der Waals surface area contributed by atoms with E-state index in [1.807, 2.05) is 60.7 Å². The monoisotopic (exact) mass is 1740 g/mol. The van der Waals surface area contributed by atoms with Crippen LogP contribution >= 0.6 is 0 Å². The smallest absolute Gasteiger partial charge is 0.416 e. The van der Waals surface area contributed by atoms with Crippen molar-refractivity contribution in [2.45, 2.75) is 158 Å². The minimum atomic E-state index is -4.39. The lowest BCUT2D eigenvalue weighted by atomic mass is 9.87. The normalized spacial score (nSPS) is 19.6. The number of ether oxygens (including phenoxy) is 16. The van der Waals surface area contributed by atoms with Gasteiger partial charge in [0.25, 0.3) is 0 Å². The largest absolute Gasteiger partial charge is 0.494 e. The maximum Gasteiger partial charge on any atom is 0.416 e. The fraction of sp³-hybridized carbons (Fsp3) is 0.525. The number of alkyl halides is 3. The second-order valence-electron chi connectivity index (χ2n) is 33.2. The molecule has 15 rings (SSSR count). The number of rotatable bonds is 43. The molecule has 0 aromatic heterocycles. The number of benzene rings is 8. The molecule has 0 radical (unpaired) electrons. The van der Waals surface area contributed by atoms with Gasteiger partial charge in [0.1, 0.15) is 85.1 Å². The summed E-state index contributed by atoms with van der Waals surface area (Å²) in [5, 5.41) is 10.5. The summed E-state index contributed by atoms with van der Waals surface area (Å²) in [6.45, 7) is 20.0. The van der Waals surface area contributed by atoms with Crippen molar-refractivity contribution >= 4 is 17.1 Å². The quantitative estimate of drug-likeness (QED) is 0.0305. The van der Waals surface area contributed by atoms with Crippen molar-refractivity contribution in [2.75, 3.05) is 201 Å². The number of para-hydroxylation sites is 1. The molecule has 684 valence electrons. The molecule has 0 amide bonds. The number of halogens is 3. The maximum absolute atomic E-state index is 12.9. The zero-order valence-electron chi connectivity index (χ0n) is 74.2. The molecule has 4 fully saturated rings. The Bertz CT molecular complexity index is 4420. The van der Waals surface area contributed by atoms with Crippen molar-refractivity contribution in [3.8, 4) is 46.0 Å². The first-order chi connectivity index (χ1) is 61.9. The average Bonchev–Trinajstić information content (AvgIpc) is 0.817. The molecule has 8 aromatic rings. The van der Waals surface area contributed by atoms with Gasteiger partial charge in [0, 0.05) is 118 Å². The van der Waals surface area contributed by atoms with Gasteiger partial charge in [0.2, 0.25) is 0 Å². The predicted octanol–water partition coefficient (Wildman–Crippen LogP) is 17.2. The van der Waals surface area contributed by atoms with Crippen molar-refractivity contribution in [1.82, 2.24) is 16.0 Å². The number of methoxy groups -OCH3 is 4. The minimum Gasteiger partial charge on any atom is -0.494 e. The third-order valence-corrected chi connectivity index (χ3v) is 24.3. The number of hydrogen-bond donors (Lipinski definition) is 3. The summed E-state index contributed by atoms with van der Waals surface area (Å²) in [6, 6.07) is 59.0. The van der Waals surface area contributed by atoms with Crippen molar-refractivity contribution in [2.24, 2.45) is 0 Å². The molecule has 7 aliphatic rings. The summed E-state index contributed by atoms with van der Waals surface area (Å²) in [5.41, 5.74) is 9.97. The Balaban J connectivity index is 0.000000162. The number of piperidine rings is 3. The van der Waals surface area contributed by atoms with Crippen LogP contribution in [0.15, 0.2) is 182 Å². The molecule has 3 saturated heterocycles. The Morgan fingerprint density at radius 1 is 0.373 bits per heavy atom. The molecule has 0 bridgehead atoms. The number of anilines is 3. The van der Waals surface area contributed by atoms with Crippen LogP contribution in [0.25, 0.3) is 0 Å². The van der Waals surface area contributed by atoms with Gasteiger partial charge < -0.3 is 106 Å². The molecule has 6 heterocycles. The van der Waals surface area contributed by atoms with Crippen LogP contribution in [-0.4, -0.2) is 217 Å². The van der Waals surface area contributed by atoms with Crippen LogP contribution in [0.5, 0.6) is 46.0 Å². The zero-order valence-corrected chi connectivity index (χ0v) is 74.2. The third kappa shape index (κ3) is 29.5. The van der Waals surface area contributed by atoms with Gasteiger partial charge in [-0.2, -0.15) is 13.2 Å². The summed E-state index contributed by atoms with van der Waals surface area (Å²) >= 11 is 0. The van der Waals surface area contributed by atoms with E-state index in [1.165, 1.54) is 66.5 Å². The molecule has 6 aliphatic heterocycles. The third-order valence-electron chi connectivity index (χ3n) is 24.3. The van der Waals surface area contributed by atoms with Crippen LogP contribution in [0.1, 0.15) is 140 Å². The van der Waals surface area contributed by atoms with Crippen molar-refractivity contribution in [3.05, 3.63) is 221 Å². The SMILES string of the molecule is COCCCN1CCOc2ccc(CO[C@H]3CNCC[C@@H]3c3ccc(OCCCOC4CCCCC4)cc3)cc21.COCCCN1CCOc2ccc(CO[C@H]3CNCC[C@@H]3c3ccc(OCCCOc4cccc(C(F)(F)F)c4)cc3)cc21.COCCCN1CCOc2ccc(CO[C@H]3CNCC[C@@H]3c3ccc(OC[C@@H](COc4ccccc4)OC)cc3)cc21. The highest BCUT2D eigenvalue weighted by atomic mass is 19.4. The molecule has 0 unspecified atom stereocenters. The Morgan fingerprint density at radius 2 is 0.754 bits per heavy atom. The number of hydrogen-bond acceptors (Lipinski definition) is 22. The van der Waals surface area contributed by atoms with E-state index in [1.54, 1.807) is 28.4 Å². The summed E-state index contributed by atoms with van der Waals surface area (Å²) in [6.07, 6.45) is 10.1. The number of nitrogens with one attached hydrogen (secondary N) is 3. The van der Waals surface area contributed by atoms with Gasteiger partial charge in [-0.25, -0.2) is 0 Å². The Hall–Kier alpha value is -9.09. The Morgan fingerprint density at radius 3 is 1.15 bits per heavy atom. The van der Waals surface area contributed by atoms with Gasteiger partial charge >= 0.3 is 6.18 Å². The first-order valence-electron chi connectivity index (χ1n) is 45.7. The number of nitrogens with zero attached hydrogens (tertiary/aromatic N) is 3. The van der Waals surface area contributed by atoms with E-state index in [-0.39, 0.29) is 42.7 Å². The van der Waals surface area contributed by atoms with E-state index in [0.29, 0.717) is 83.8 Å². The van der Waals surface area contributed by atoms with Gasteiger partial charge in [-0.1, -0.05) is 98.1 Å². The van der Waals surface area contributed by atoms with Gasteiger partial charge in [-0.05, 0) is 208 Å². The van der Waals surface area contributed by atoms with Crippen molar-refractivity contribution in [1.29, 1.82) is 0 Å². The van der Waals surface area contributed by atoms with Crippen LogP contribution in [0.3, 0.4) is 0 Å². The van der Waals surface area contributed by atoms with Gasteiger partial charge in [-0.3, -0.25) is 0 Å². The second kappa shape index (κ2) is 51.2. The van der Waals surface area contributed by atoms with E-state index in [2.05, 4.69) is 128 Å². The fourth-order valence-electron chi connectivity index (χ4n) is 17.3. The molecular formula is C101H133F3N6O16. The lowest BCUT2D eigenvalue weighted by Gasteiger charge is -2.33. The summed E-state index contributed by atoms with van der Waals surface area (Å²) in [4.78, 5) is 7.15. The molecule has 126 heavy (non-hydrogen) atoms.